The van der Waals surface area contributed by atoms with Gasteiger partial charge in [-0.2, -0.15) is 0 Å². The Morgan fingerprint density at radius 2 is 1.84 bits per heavy atom. The van der Waals surface area contributed by atoms with Gasteiger partial charge in [-0.25, -0.2) is 0 Å². The molecular weight excluding hydrogens is 306 g/mol. The molecule has 1 aromatic rings. The van der Waals surface area contributed by atoms with Gasteiger partial charge >= 0.3 is 0 Å². The summed E-state index contributed by atoms with van der Waals surface area (Å²) in [6.45, 7) is 0. The Kier molecular flexibility index (Phi) is 3.89. The standard InChI is InChI=1S/C15H18BrNO2/c16-11-8-6-10(7-9-11)15-17-14(18)12-4-2-1-3-5-13(12)19-15/h6-9,12-13,15H,1-5H2,(H,17,18)/t12-,13+,15-/m1/s1. The Hall–Kier alpha value is -0.870. The van der Waals surface area contributed by atoms with Crippen LogP contribution in [0.15, 0.2) is 28.7 Å². The predicted molar refractivity (Wildman–Crippen MR) is 76.5 cm³/mol. The molecule has 0 radical (unpaired) electrons. The van der Waals surface area contributed by atoms with Gasteiger partial charge in [-0.1, -0.05) is 47.3 Å². The molecule has 0 bridgehead atoms. The SMILES string of the molecule is O=C1N[C@@H](c2ccc(Br)cc2)O[C@H]2CCCCC[C@@H]12. The number of halogens is 1. The topological polar surface area (TPSA) is 38.3 Å². The predicted octanol–water partition coefficient (Wildman–Crippen LogP) is 3.54. The first kappa shape index (κ1) is 13.1. The van der Waals surface area contributed by atoms with Crippen LogP contribution in [0.2, 0.25) is 0 Å². The summed E-state index contributed by atoms with van der Waals surface area (Å²) in [6, 6.07) is 7.94. The van der Waals surface area contributed by atoms with E-state index >= 15 is 0 Å². The summed E-state index contributed by atoms with van der Waals surface area (Å²) in [6.07, 6.45) is 5.29. The van der Waals surface area contributed by atoms with Gasteiger partial charge in [0.15, 0.2) is 6.23 Å². The third-order valence-corrected chi connectivity index (χ3v) is 4.57. The number of hydrogen-bond donors (Lipinski definition) is 1. The summed E-state index contributed by atoms with van der Waals surface area (Å²) in [5.41, 5.74) is 1.01. The molecular formula is C15H18BrNO2. The van der Waals surface area contributed by atoms with Crippen molar-refractivity contribution in [2.24, 2.45) is 5.92 Å². The average molecular weight is 324 g/mol. The minimum absolute atomic E-state index is 0.0502. The Bertz CT molecular complexity index is 460. The van der Waals surface area contributed by atoms with Crippen LogP contribution in [-0.4, -0.2) is 12.0 Å². The summed E-state index contributed by atoms with van der Waals surface area (Å²) >= 11 is 3.42. The molecule has 102 valence electrons. The van der Waals surface area contributed by atoms with Crippen LogP contribution in [0.3, 0.4) is 0 Å². The number of carbonyl (C=O) groups is 1. The van der Waals surface area contributed by atoms with Crippen LogP contribution in [0.5, 0.6) is 0 Å². The van der Waals surface area contributed by atoms with Crippen LogP contribution >= 0.6 is 15.9 Å². The second kappa shape index (κ2) is 5.63. The molecule has 1 aliphatic heterocycles. The van der Waals surface area contributed by atoms with Crippen LogP contribution < -0.4 is 5.32 Å². The molecule has 0 unspecified atom stereocenters. The molecule has 3 nitrogen and oxygen atoms in total. The Morgan fingerprint density at radius 3 is 2.63 bits per heavy atom. The quantitative estimate of drug-likeness (QED) is 0.858. The van der Waals surface area contributed by atoms with E-state index in [0.717, 1.165) is 29.3 Å². The normalized spacial score (nSPS) is 31.2. The van der Waals surface area contributed by atoms with Gasteiger partial charge in [0.25, 0.3) is 0 Å². The zero-order valence-electron chi connectivity index (χ0n) is 10.8. The van der Waals surface area contributed by atoms with Crippen LogP contribution in [0.25, 0.3) is 0 Å². The highest BCUT2D eigenvalue weighted by Crippen LogP contribution is 2.33. The van der Waals surface area contributed by atoms with Crippen molar-refractivity contribution < 1.29 is 9.53 Å². The number of nitrogens with one attached hydrogen (secondary N) is 1. The second-order valence-corrected chi connectivity index (χ2v) is 6.27. The molecule has 1 N–H and O–H groups in total. The van der Waals surface area contributed by atoms with E-state index in [4.69, 9.17) is 4.74 Å². The van der Waals surface area contributed by atoms with E-state index in [1.165, 1.54) is 12.8 Å². The van der Waals surface area contributed by atoms with Gasteiger partial charge in [-0.15, -0.1) is 0 Å². The average Bonchev–Trinajstić information content (AvgIpc) is 2.65. The van der Waals surface area contributed by atoms with Crippen molar-refractivity contribution in [2.75, 3.05) is 0 Å². The molecule has 19 heavy (non-hydrogen) atoms. The molecule has 1 heterocycles. The van der Waals surface area contributed by atoms with Gasteiger partial charge < -0.3 is 10.1 Å². The lowest BCUT2D eigenvalue weighted by Crippen LogP contribution is -2.48. The van der Waals surface area contributed by atoms with Crippen molar-refractivity contribution in [3.63, 3.8) is 0 Å². The molecule has 1 amide bonds. The summed E-state index contributed by atoms with van der Waals surface area (Å²) in [7, 11) is 0. The highest BCUT2D eigenvalue weighted by molar-refractivity contribution is 9.10. The van der Waals surface area contributed by atoms with E-state index in [-0.39, 0.29) is 24.2 Å². The highest BCUT2D eigenvalue weighted by Gasteiger charge is 2.38. The fraction of sp³-hybridized carbons (Fsp3) is 0.533. The number of rotatable bonds is 1. The monoisotopic (exact) mass is 323 g/mol. The number of hydrogen-bond acceptors (Lipinski definition) is 2. The zero-order valence-corrected chi connectivity index (χ0v) is 12.4. The summed E-state index contributed by atoms with van der Waals surface area (Å²) in [5, 5.41) is 3.00. The highest BCUT2D eigenvalue weighted by atomic mass is 79.9. The zero-order chi connectivity index (χ0) is 13.2. The first-order valence-electron chi connectivity index (χ1n) is 6.95. The van der Waals surface area contributed by atoms with E-state index in [1.54, 1.807) is 0 Å². The van der Waals surface area contributed by atoms with Crippen molar-refractivity contribution in [3.8, 4) is 0 Å². The molecule has 1 saturated carbocycles. The fourth-order valence-electron chi connectivity index (χ4n) is 2.98. The molecule has 1 aromatic carbocycles. The third-order valence-electron chi connectivity index (χ3n) is 4.05. The van der Waals surface area contributed by atoms with Gasteiger partial charge in [0.05, 0.1) is 12.0 Å². The summed E-state index contributed by atoms with van der Waals surface area (Å²) in [4.78, 5) is 12.2. The molecule has 3 atom stereocenters. The lowest BCUT2D eigenvalue weighted by atomic mass is 9.94. The molecule has 1 aliphatic carbocycles. The second-order valence-electron chi connectivity index (χ2n) is 5.36. The van der Waals surface area contributed by atoms with Gasteiger partial charge in [0.1, 0.15) is 0 Å². The number of ether oxygens (including phenoxy) is 1. The molecule has 2 aliphatic rings. The van der Waals surface area contributed by atoms with Crippen LogP contribution in [-0.2, 0) is 9.53 Å². The lowest BCUT2D eigenvalue weighted by molar-refractivity contribution is -0.155. The summed E-state index contributed by atoms with van der Waals surface area (Å²) < 4.78 is 7.15. The van der Waals surface area contributed by atoms with Gasteiger partial charge in [0, 0.05) is 10.0 Å². The van der Waals surface area contributed by atoms with Crippen LogP contribution in [0, 0.1) is 5.92 Å². The first-order valence-corrected chi connectivity index (χ1v) is 7.74. The van der Waals surface area contributed by atoms with Crippen molar-refractivity contribution in [1.29, 1.82) is 0 Å². The van der Waals surface area contributed by atoms with E-state index < -0.39 is 0 Å². The van der Waals surface area contributed by atoms with E-state index in [2.05, 4.69) is 21.2 Å². The maximum atomic E-state index is 12.2. The minimum Gasteiger partial charge on any atom is -0.350 e. The smallest absolute Gasteiger partial charge is 0.227 e. The molecule has 0 spiro atoms. The number of carbonyl (C=O) groups excluding carboxylic acids is 1. The largest absolute Gasteiger partial charge is 0.350 e. The van der Waals surface area contributed by atoms with Gasteiger partial charge in [0.2, 0.25) is 5.91 Å². The van der Waals surface area contributed by atoms with E-state index in [9.17, 15) is 4.79 Å². The fourth-order valence-corrected chi connectivity index (χ4v) is 3.25. The number of amides is 1. The van der Waals surface area contributed by atoms with Crippen molar-refractivity contribution in [3.05, 3.63) is 34.3 Å². The van der Waals surface area contributed by atoms with Crippen LogP contribution in [0.4, 0.5) is 0 Å². The molecule has 1 saturated heterocycles. The maximum Gasteiger partial charge on any atom is 0.227 e. The van der Waals surface area contributed by atoms with E-state index in [1.807, 2.05) is 24.3 Å². The van der Waals surface area contributed by atoms with Crippen molar-refractivity contribution in [1.82, 2.24) is 5.32 Å². The Balaban J connectivity index is 1.78. The Morgan fingerprint density at radius 1 is 1.11 bits per heavy atom. The molecule has 3 rings (SSSR count). The Labute approximate surface area is 121 Å². The molecule has 4 heteroatoms. The van der Waals surface area contributed by atoms with Crippen LogP contribution in [0.1, 0.15) is 43.9 Å². The van der Waals surface area contributed by atoms with Crippen molar-refractivity contribution in [2.45, 2.75) is 44.4 Å². The summed E-state index contributed by atoms with van der Waals surface area (Å²) in [5.74, 6) is 0.209. The number of benzene rings is 1. The molecule has 0 aromatic heterocycles. The lowest BCUT2D eigenvalue weighted by Gasteiger charge is -2.35. The minimum atomic E-state index is -0.292. The third kappa shape index (κ3) is 2.84. The van der Waals surface area contributed by atoms with Gasteiger partial charge in [-0.05, 0) is 25.0 Å². The maximum absolute atomic E-state index is 12.2. The first-order chi connectivity index (χ1) is 9.24. The van der Waals surface area contributed by atoms with Crippen molar-refractivity contribution >= 4 is 21.8 Å². The molecule has 2 fully saturated rings. The number of fused-ring (bicyclic) bond motifs is 1. The van der Waals surface area contributed by atoms with E-state index in [0.29, 0.717) is 0 Å². The van der Waals surface area contributed by atoms with Gasteiger partial charge in [-0.3, -0.25) is 4.79 Å².